The van der Waals surface area contributed by atoms with Crippen LogP contribution in [0, 0.1) is 0 Å². The third-order valence-electron chi connectivity index (χ3n) is 6.91. The van der Waals surface area contributed by atoms with Crippen LogP contribution in [0.4, 0.5) is 5.69 Å². The summed E-state index contributed by atoms with van der Waals surface area (Å²) in [7, 11) is 3.41. The van der Waals surface area contributed by atoms with Gasteiger partial charge in [-0.3, -0.25) is 9.59 Å². The zero-order chi connectivity index (χ0) is 26.2. The average molecular weight is 501 g/mol. The van der Waals surface area contributed by atoms with Gasteiger partial charge in [-0.15, -0.1) is 0 Å². The van der Waals surface area contributed by atoms with E-state index < -0.39 is 5.41 Å². The fraction of sp³-hybridized carbons (Fsp3) is 0.333. The number of hydrogen-bond donors (Lipinski definition) is 1. The maximum absolute atomic E-state index is 13.7. The van der Waals surface area contributed by atoms with Crippen LogP contribution in [0.1, 0.15) is 48.2 Å². The first-order valence-electron chi connectivity index (χ1n) is 12.6. The Kier molecular flexibility index (Phi) is 6.65. The smallest absolute Gasteiger partial charge is 0.255 e. The van der Waals surface area contributed by atoms with Crippen molar-refractivity contribution in [1.29, 1.82) is 0 Å². The van der Waals surface area contributed by atoms with E-state index in [4.69, 9.17) is 14.2 Å². The summed E-state index contributed by atoms with van der Waals surface area (Å²) in [5.74, 6) is 1.04. The van der Waals surface area contributed by atoms with Gasteiger partial charge in [0.05, 0.1) is 29.4 Å². The highest BCUT2D eigenvalue weighted by molar-refractivity contribution is 6.08. The Morgan fingerprint density at radius 1 is 1.00 bits per heavy atom. The molecule has 1 N–H and O–H groups in total. The highest BCUT2D eigenvalue weighted by atomic mass is 16.7. The van der Waals surface area contributed by atoms with Crippen LogP contribution in [-0.2, 0) is 21.6 Å². The number of benzene rings is 3. The first-order chi connectivity index (χ1) is 17.8. The first kappa shape index (κ1) is 24.8. The molecule has 2 aliphatic rings. The molecule has 0 bridgehead atoms. The zero-order valence-corrected chi connectivity index (χ0v) is 21.7. The first-order valence-corrected chi connectivity index (χ1v) is 12.6. The molecule has 1 aliphatic heterocycles. The van der Waals surface area contributed by atoms with E-state index in [0.29, 0.717) is 29.4 Å². The van der Waals surface area contributed by atoms with Gasteiger partial charge in [-0.25, -0.2) is 0 Å². The molecular weight excluding hydrogens is 468 g/mol. The Morgan fingerprint density at radius 3 is 2.49 bits per heavy atom. The van der Waals surface area contributed by atoms with Crippen molar-refractivity contribution in [2.75, 3.05) is 26.2 Å². The lowest BCUT2D eigenvalue weighted by molar-refractivity contribution is -0.118. The second-order valence-corrected chi connectivity index (χ2v) is 10.1. The number of nitrogens with zero attached hydrogens (tertiary/aromatic N) is 1. The summed E-state index contributed by atoms with van der Waals surface area (Å²) < 4.78 is 16.8. The minimum absolute atomic E-state index is 0.105. The third kappa shape index (κ3) is 4.91. The molecule has 2 amide bonds. The van der Waals surface area contributed by atoms with Gasteiger partial charge in [0.2, 0.25) is 12.7 Å². The fourth-order valence-electron chi connectivity index (χ4n) is 4.63. The molecule has 7 nitrogen and oxygen atoms in total. The molecule has 3 aromatic rings. The quantitative estimate of drug-likeness (QED) is 0.449. The largest absolute Gasteiger partial charge is 0.454 e. The van der Waals surface area contributed by atoms with Gasteiger partial charge in [0.1, 0.15) is 0 Å². The van der Waals surface area contributed by atoms with Crippen molar-refractivity contribution < 1.29 is 23.8 Å². The summed E-state index contributed by atoms with van der Waals surface area (Å²) in [6.45, 7) is 4.67. The minimum Gasteiger partial charge on any atom is -0.454 e. The number of anilines is 1. The Balaban J connectivity index is 1.49. The number of rotatable bonds is 8. The molecule has 1 aliphatic carbocycles. The van der Waals surface area contributed by atoms with E-state index in [-0.39, 0.29) is 24.7 Å². The molecule has 7 heteroatoms. The lowest BCUT2D eigenvalue weighted by Gasteiger charge is -2.20. The molecule has 1 saturated carbocycles. The molecular formula is C30H32N2O5. The van der Waals surface area contributed by atoms with Gasteiger partial charge in [-0.1, -0.05) is 36.4 Å². The van der Waals surface area contributed by atoms with Crippen LogP contribution in [0.2, 0.25) is 0 Å². The summed E-state index contributed by atoms with van der Waals surface area (Å²) in [6, 6.07) is 19.3. The van der Waals surface area contributed by atoms with Crippen molar-refractivity contribution in [3.8, 4) is 22.6 Å². The van der Waals surface area contributed by atoms with Gasteiger partial charge in [0, 0.05) is 14.1 Å². The van der Waals surface area contributed by atoms with Gasteiger partial charge < -0.3 is 24.4 Å². The molecule has 0 aromatic heterocycles. The number of nitrogens with one attached hydrogen (secondary N) is 1. The highest BCUT2D eigenvalue weighted by Gasteiger charge is 2.52. The molecule has 1 fully saturated rings. The summed E-state index contributed by atoms with van der Waals surface area (Å²) in [5.41, 5.74) is 4.12. The van der Waals surface area contributed by atoms with Crippen molar-refractivity contribution in [3.63, 3.8) is 0 Å². The van der Waals surface area contributed by atoms with Crippen molar-refractivity contribution >= 4 is 17.5 Å². The average Bonchev–Trinajstić information content (AvgIpc) is 3.57. The molecule has 1 heterocycles. The molecule has 0 spiro atoms. The fourth-order valence-corrected chi connectivity index (χ4v) is 4.63. The Bertz CT molecular complexity index is 1340. The summed E-state index contributed by atoms with van der Waals surface area (Å²) in [6.07, 6.45) is 1.56. The van der Waals surface area contributed by atoms with Crippen LogP contribution in [0.3, 0.4) is 0 Å². The molecule has 0 saturated heterocycles. The van der Waals surface area contributed by atoms with Crippen LogP contribution in [0.25, 0.3) is 11.1 Å². The van der Waals surface area contributed by atoms with E-state index in [2.05, 4.69) is 5.32 Å². The van der Waals surface area contributed by atoms with Crippen LogP contribution in [-0.4, -0.2) is 43.7 Å². The van der Waals surface area contributed by atoms with Gasteiger partial charge >= 0.3 is 0 Å². The van der Waals surface area contributed by atoms with Crippen molar-refractivity contribution in [1.82, 2.24) is 4.90 Å². The normalized spacial score (nSPS) is 14.9. The summed E-state index contributed by atoms with van der Waals surface area (Å²) in [4.78, 5) is 28.2. The molecule has 5 rings (SSSR count). The number of carbonyl (C=O) groups is 2. The van der Waals surface area contributed by atoms with Gasteiger partial charge in [0.15, 0.2) is 11.5 Å². The number of amides is 2. The van der Waals surface area contributed by atoms with Crippen LogP contribution < -0.4 is 14.8 Å². The molecule has 0 radical (unpaired) electrons. The minimum atomic E-state index is -0.654. The van der Waals surface area contributed by atoms with E-state index in [1.54, 1.807) is 20.2 Å². The Morgan fingerprint density at radius 2 is 1.76 bits per heavy atom. The number of hydrogen-bond acceptors (Lipinski definition) is 5. The van der Waals surface area contributed by atoms with E-state index in [1.165, 1.54) is 4.90 Å². The third-order valence-corrected chi connectivity index (χ3v) is 6.91. The van der Waals surface area contributed by atoms with Crippen molar-refractivity contribution in [3.05, 3.63) is 77.4 Å². The van der Waals surface area contributed by atoms with E-state index in [0.717, 1.165) is 35.1 Å². The number of carbonyl (C=O) groups excluding carboxylic acids is 2. The van der Waals surface area contributed by atoms with Crippen molar-refractivity contribution in [2.45, 2.75) is 44.8 Å². The lowest BCUT2D eigenvalue weighted by atomic mass is 9.93. The van der Waals surface area contributed by atoms with Crippen LogP contribution >= 0.6 is 0 Å². The molecule has 0 atom stereocenters. The standard InChI is InChI=1S/C30H32N2O5/c1-19(2)35-17-21-7-5-6-8-23(21)20-9-11-24(28(33)32(3)4)25(15-20)31-29(34)30(13-14-30)22-10-12-26-27(16-22)37-18-36-26/h5-12,15-16,19H,13-14,17-18H2,1-4H3,(H,31,34). The summed E-state index contributed by atoms with van der Waals surface area (Å²) >= 11 is 0. The van der Waals surface area contributed by atoms with Gasteiger partial charge in [-0.2, -0.15) is 0 Å². The Hall–Kier alpha value is -3.84. The maximum atomic E-state index is 13.7. The SMILES string of the molecule is CC(C)OCc1ccccc1-c1ccc(C(=O)N(C)C)c(NC(=O)C2(c3ccc4c(c3)OCO4)CC2)c1. The highest BCUT2D eigenvalue weighted by Crippen LogP contribution is 2.51. The Labute approximate surface area is 217 Å². The second-order valence-electron chi connectivity index (χ2n) is 10.1. The predicted octanol–water partition coefficient (Wildman–Crippen LogP) is 5.38. The molecule has 3 aromatic carbocycles. The van der Waals surface area contributed by atoms with E-state index >= 15 is 0 Å². The second kappa shape index (κ2) is 9.90. The van der Waals surface area contributed by atoms with Crippen LogP contribution in [0.5, 0.6) is 11.5 Å². The van der Waals surface area contributed by atoms with Crippen LogP contribution in [0.15, 0.2) is 60.7 Å². The maximum Gasteiger partial charge on any atom is 0.255 e. The number of ether oxygens (including phenoxy) is 3. The lowest BCUT2D eigenvalue weighted by Crippen LogP contribution is -2.30. The number of fused-ring (bicyclic) bond motifs is 1. The van der Waals surface area contributed by atoms with E-state index in [9.17, 15) is 9.59 Å². The monoisotopic (exact) mass is 500 g/mol. The molecule has 0 unspecified atom stereocenters. The van der Waals surface area contributed by atoms with Crippen molar-refractivity contribution in [2.24, 2.45) is 0 Å². The molecule has 37 heavy (non-hydrogen) atoms. The topological polar surface area (TPSA) is 77.1 Å². The predicted molar refractivity (Wildman–Crippen MR) is 142 cm³/mol. The van der Waals surface area contributed by atoms with E-state index in [1.807, 2.05) is 68.4 Å². The van der Waals surface area contributed by atoms with Gasteiger partial charge in [-0.05, 0) is 73.2 Å². The van der Waals surface area contributed by atoms with Gasteiger partial charge in [0.25, 0.3) is 5.91 Å². The summed E-state index contributed by atoms with van der Waals surface area (Å²) in [5, 5.41) is 3.11. The zero-order valence-electron chi connectivity index (χ0n) is 21.7. The molecule has 192 valence electrons.